The molecule has 0 bridgehead atoms. The van der Waals surface area contributed by atoms with E-state index in [1.807, 2.05) is 0 Å². The first-order valence-electron chi connectivity index (χ1n) is 12.7. The fourth-order valence-electron chi connectivity index (χ4n) is 4.08. The molecule has 2 aromatic heterocycles. The van der Waals surface area contributed by atoms with Crippen molar-refractivity contribution < 1.29 is 52.7 Å². The van der Waals surface area contributed by atoms with Gasteiger partial charge in [0.05, 0.1) is 36.3 Å². The Bertz CT molecular complexity index is 1670. The lowest BCUT2D eigenvalue weighted by atomic mass is 10.0. The Labute approximate surface area is 247 Å². The maximum Gasteiger partial charge on any atom is 0.306 e. The highest BCUT2D eigenvalue weighted by atomic mass is 32.1. The molecule has 0 spiro atoms. The van der Waals surface area contributed by atoms with Crippen molar-refractivity contribution in [3.8, 4) is 23.0 Å². The number of hydrogen-bond acceptors (Lipinski definition) is 10. The van der Waals surface area contributed by atoms with E-state index in [2.05, 4.69) is 0 Å². The van der Waals surface area contributed by atoms with Crippen molar-refractivity contribution in [3.05, 3.63) is 45.9 Å². The second kappa shape index (κ2) is 13.2. The average molecular weight is 619 g/mol. The Balaban J connectivity index is 1.47. The summed E-state index contributed by atoms with van der Waals surface area (Å²) >= 11 is 2.28. The summed E-state index contributed by atoms with van der Waals surface area (Å²) < 4.78 is 38.9. The molecule has 13 heteroatoms. The third-order valence-electron chi connectivity index (χ3n) is 6.32. The maximum absolute atomic E-state index is 15.5. The number of ketones is 2. The SMILES string of the molecule is COc1cc2sc(C(=O)CCC(=O)O)cc2cc1OCCOc1c(OC)cc2sc(C(=O)C[C@H](C)C(=O)O)cc2c1F. The van der Waals surface area contributed by atoms with Crippen molar-refractivity contribution in [2.75, 3.05) is 27.4 Å². The number of carbonyl (C=O) groups is 4. The number of fused-ring (bicyclic) bond motifs is 2. The summed E-state index contributed by atoms with van der Waals surface area (Å²) in [6.45, 7) is 1.36. The fourth-order valence-corrected chi connectivity index (χ4v) is 6.16. The minimum atomic E-state index is -1.09. The highest BCUT2D eigenvalue weighted by molar-refractivity contribution is 7.21. The van der Waals surface area contributed by atoms with E-state index < -0.39 is 29.5 Å². The molecule has 0 amide bonds. The zero-order valence-corrected chi connectivity index (χ0v) is 24.5. The first-order valence-corrected chi connectivity index (χ1v) is 14.3. The third kappa shape index (κ3) is 6.80. The van der Waals surface area contributed by atoms with Crippen LogP contribution < -0.4 is 18.9 Å². The Kier molecular flexibility index (Phi) is 9.63. The Hall–Kier alpha value is -4.23. The minimum Gasteiger partial charge on any atom is -0.493 e. The summed E-state index contributed by atoms with van der Waals surface area (Å²) in [5.41, 5.74) is 0. The summed E-state index contributed by atoms with van der Waals surface area (Å²) in [6.07, 6.45) is -0.551. The monoisotopic (exact) mass is 618 g/mol. The summed E-state index contributed by atoms with van der Waals surface area (Å²) in [5.74, 6) is -3.63. The number of ether oxygens (including phenoxy) is 4. The van der Waals surface area contributed by atoms with Gasteiger partial charge in [-0.25, -0.2) is 4.39 Å². The van der Waals surface area contributed by atoms with E-state index in [0.717, 1.165) is 16.0 Å². The predicted octanol–water partition coefficient (Wildman–Crippen LogP) is 6.07. The standard InChI is InChI=1S/C29H27FO10S2/c1-14(29(35)36)8-18(32)25-11-16-23(42-25)13-21(38-3)28(27(16)30)40-7-6-39-20-9-15-10-24(17(31)4-5-26(33)34)41-22(15)12-19(20)37-2/h9-14H,4-8H2,1-3H3,(H,33,34)(H,35,36)/t14-/m0/s1. The summed E-state index contributed by atoms with van der Waals surface area (Å²) in [5, 5.41) is 18.8. The first kappa shape index (κ1) is 30.7. The number of rotatable bonds is 15. The molecule has 2 N–H and O–H groups in total. The van der Waals surface area contributed by atoms with Crippen LogP contribution in [0.2, 0.25) is 0 Å². The number of benzene rings is 2. The zero-order chi connectivity index (χ0) is 30.6. The van der Waals surface area contributed by atoms with Gasteiger partial charge in [0, 0.05) is 39.8 Å². The van der Waals surface area contributed by atoms with Crippen LogP contribution in [0.15, 0.2) is 30.3 Å². The predicted molar refractivity (Wildman–Crippen MR) is 155 cm³/mol. The highest BCUT2D eigenvalue weighted by Gasteiger charge is 2.23. The van der Waals surface area contributed by atoms with Crippen LogP contribution in [0.4, 0.5) is 4.39 Å². The molecule has 4 aromatic rings. The minimum absolute atomic E-state index is 0.00250. The molecule has 0 fully saturated rings. The number of carboxylic acid groups (broad SMARTS) is 2. The number of carbonyl (C=O) groups excluding carboxylic acids is 2. The Morgan fingerprint density at radius 1 is 0.810 bits per heavy atom. The molecule has 42 heavy (non-hydrogen) atoms. The third-order valence-corrected chi connectivity index (χ3v) is 8.58. The van der Waals surface area contributed by atoms with Gasteiger partial charge in [-0.15, -0.1) is 22.7 Å². The van der Waals surface area contributed by atoms with Crippen LogP contribution in [-0.4, -0.2) is 61.2 Å². The number of aliphatic carboxylic acids is 2. The van der Waals surface area contributed by atoms with Gasteiger partial charge in [0.15, 0.2) is 40.4 Å². The highest BCUT2D eigenvalue weighted by Crippen LogP contribution is 2.41. The van der Waals surface area contributed by atoms with E-state index in [1.165, 1.54) is 38.5 Å². The lowest BCUT2D eigenvalue weighted by Crippen LogP contribution is -2.14. The molecule has 2 aromatic carbocycles. The van der Waals surface area contributed by atoms with Gasteiger partial charge in [-0.1, -0.05) is 6.92 Å². The summed E-state index contributed by atoms with van der Waals surface area (Å²) in [6, 6.07) is 8.02. The fraction of sp³-hybridized carbons (Fsp3) is 0.310. The van der Waals surface area contributed by atoms with E-state index in [9.17, 15) is 19.2 Å². The van der Waals surface area contributed by atoms with Crippen molar-refractivity contribution >= 4 is 66.4 Å². The Morgan fingerprint density at radius 2 is 1.45 bits per heavy atom. The van der Waals surface area contributed by atoms with Crippen LogP contribution in [0, 0.1) is 11.7 Å². The van der Waals surface area contributed by atoms with E-state index >= 15 is 4.39 Å². The van der Waals surface area contributed by atoms with Crippen LogP contribution in [0.25, 0.3) is 20.2 Å². The largest absolute Gasteiger partial charge is 0.493 e. The van der Waals surface area contributed by atoms with Crippen LogP contribution in [-0.2, 0) is 9.59 Å². The van der Waals surface area contributed by atoms with Gasteiger partial charge in [0.2, 0.25) is 0 Å². The molecule has 10 nitrogen and oxygen atoms in total. The molecule has 222 valence electrons. The van der Waals surface area contributed by atoms with Crippen LogP contribution in [0.5, 0.6) is 23.0 Å². The van der Waals surface area contributed by atoms with Crippen LogP contribution >= 0.6 is 22.7 Å². The number of Topliss-reactive ketones (excluding diaryl/α,β-unsaturated/α-hetero) is 2. The number of thiophene rings is 2. The lowest BCUT2D eigenvalue weighted by molar-refractivity contribution is -0.141. The number of halogens is 1. The molecule has 1 atom stereocenters. The molecule has 0 aliphatic rings. The second-order valence-electron chi connectivity index (χ2n) is 9.28. The van der Waals surface area contributed by atoms with Gasteiger partial charge in [0.1, 0.15) is 13.2 Å². The van der Waals surface area contributed by atoms with Gasteiger partial charge >= 0.3 is 11.9 Å². The normalized spacial score (nSPS) is 11.8. The molecule has 0 saturated heterocycles. The smallest absolute Gasteiger partial charge is 0.306 e. The van der Waals surface area contributed by atoms with E-state index in [-0.39, 0.29) is 60.0 Å². The van der Waals surface area contributed by atoms with Gasteiger partial charge < -0.3 is 29.2 Å². The van der Waals surface area contributed by atoms with Gasteiger partial charge in [-0.3, -0.25) is 19.2 Å². The van der Waals surface area contributed by atoms with Crippen molar-refractivity contribution in [2.45, 2.75) is 26.2 Å². The molecule has 0 saturated carbocycles. The van der Waals surface area contributed by atoms with Crippen molar-refractivity contribution in [1.29, 1.82) is 0 Å². The lowest BCUT2D eigenvalue weighted by Gasteiger charge is -2.14. The van der Waals surface area contributed by atoms with Gasteiger partial charge in [-0.2, -0.15) is 0 Å². The Morgan fingerprint density at radius 3 is 2.12 bits per heavy atom. The van der Waals surface area contributed by atoms with Crippen molar-refractivity contribution in [2.24, 2.45) is 5.92 Å². The molecule has 0 radical (unpaired) electrons. The molecule has 2 heterocycles. The second-order valence-corrected chi connectivity index (χ2v) is 11.4. The number of methoxy groups -OCH3 is 2. The summed E-state index contributed by atoms with van der Waals surface area (Å²) in [7, 11) is 2.83. The molecular weight excluding hydrogens is 591 g/mol. The van der Waals surface area contributed by atoms with Crippen molar-refractivity contribution in [3.63, 3.8) is 0 Å². The number of hydrogen-bond donors (Lipinski definition) is 2. The van der Waals surface area contributed by atoms with E-state index in [0.29, 0.717) is 26.5 Å². The van der Waals surface area contributed by atoms with Crippen LogP contribution in [0.3, 0.4) is 0 Å². The first-order chi connectivity index (χ1) is 20.0. The topological polar surface area (TPSA) is 146 Å². The number of carboxylic acids is 2. The molecule has 4 rings (SSSR count). The van der Waals surface area contributed by atoms with Crippen LogP contribution in [0.1, 0.15) is 45.5 Å². The summed E-state index contributed by atoms with van der Waals surface area (Å²) in [4.78, 5) is 47.5. The molecule has 0 unspecified atom stereocenters. The average Bonchev–Trinajstić information content (AvgIpc) is 3.58. The van der Waals surface area contributed by atoms with E-state index in [4.69, 9.17) is 29.2 Å². The van der Waals surface area contributed by atoms with E-state index in [1.54, 1.807) is 24.3 Å². The quantitative estimate of drug-likeness (QED) is 0.119. The van der Waals surface area contributed by atoms with Gasteiger partial charge in [0.25, 0.3) is 0 Å². The molecule has 0 aliphatic carbocycles. The van der Waals surface area contributed by atoms with Crippen molar-refractivity contribution in [1.82, 2.24) is 0 Å². The zero-order valence-electron chi connectivity index (χ0n) is 22.9. The molecule has 0 aliphatic heterocycles. The van der Waals surface area contributed by atoms with Gasteiger partial charge in [-0.05, 0) is 23.6 Å². The molecular formula is C29H27FO10S2. The maximum atomic E-state index is 15.5.